The first-order valence-electron chi connectivity index (χ1n) is 7.16. The van der Waals surface area contributed by atoms with E-state index in [0.29, 0.717) is 24.7 Å². The van der Waals surface area contributed by atoms with Gasteiger partial charge in [-0.3, -0.25) is 9.36 Å². The minimum Gasteiger partial charge on any atom is -0.354 e. The number of aryl methyl sites for hydroxylation is 1. The number of rotatable bonds is 8. The second-order valence-electron chi connectivity index (χ2n) is 4.75. The van der Waals surface area contributed by atoms with Gasteiger partial charge in [0, 0.05) is 13.1 Å². The van der Waals surface area contributed by atoms with Crippen molar-refractivity contribution >= 4 is 17.7 Å². The molecule has 0 aliphatic carbocycles. The number of amides is 1. The minimum absolute atomic E-state index is 0.154. The highest BCUT2D eigenvalue weighted by atomic mass is 32.2. The van der Waals surface area contributed by atoms with Crippen molar-refractivity contribution < 1.29 is 4.79 Å². The molecule has 0 saturated carbocycles. The van der Waals surface area contributed by atoms with Gasteiger partial charge in [0.25, 0.3) is 0 Å². The van der Waals surface area contributed by atoms with E-state index in [4.69, 9.17) is 5.26 Å². The lowest BCUT2D eigenvalue weighted by Gasteiger charge is -2.06. The second-order valence-corrected chi connectivity index (χ2v) is 5.69. The molecule has 2 aromatic rings. The van der Waals surface area contributed by atoms with Gasteiger partial charge in [-0.15, -0.1) is 5.10 Å². The first kappa shape index (κ1) is 16.8. The number of hydrogen-bond donors (Lipinski definition) is 2. The first-order valence-corrected chi connectivity index (χ1v) is 8.15. The standard InChI is InChI=1S/C15H17N5O2S/c16-8-4-9-17-13(21)11-23-15-19-18-14(22)20(15)10-7-12-5-2-1-3-6-12/h1-3,5-6H,4,7,9-11H2,(H,17,21)(H,18,22). The van der Waals surface area contributed by atoms with Crippen LogP contribution in [0.3, 0.4) is 0 Å². The third-order valence-corrected chi connectivity index (χ3v) is 4.06. The summed E-state index contributed by atoms with van der Waals surface area (Å²) in [6.45, 7) is 0.828. The van der Waals surface area contributed by atoms with E-state index in [1.54, 1.807) is 0 Å². The molecule has 0 radical (unpaired) electrons. The number of aromatic nitrogens is 3. The molecule has 1 amide bonds. The summed E-state index contributed by atoms with van der Waals surface area (Å²) in [7, 11) is 0. The molecule has 0 aliphatic heterocycles. The van der Waals surface area contributed by atoms with Crippen LogP contribution >= 0.6 is 11.8 Å². The lowest BCUT2D eigenvalue weighted by atomic mass is 10.1. The molecule has 7 nitrogen and oxygen atoms in total. The molecule has 120 valence electrons. The van der Waals surface area contributed by atoms with Crippen LogP contribution in [-0.4, -0.2) is 33.0 Å². The first-order chi connectivity index (χ1) is 11.2. The number of thioether (sulfide) groups is 1. The van der Waals surface area contributed by atoms with Gasteiger partial charge in [-0.05, 0) is 12.0 Å². The smallest absolute Gasteiger partial charge is 0.343 e. The van der Waals surface area contributed by atoms with Crippen LogP contribution in [0, 0.1) is 11.3 Å². The van der Waals surface area contributed by atoms with E-state index in [9.17, 15) is 9.59 Å². The van der Waals surface area contributed by atoms with Crippen LogP contribution in [0.4, 0.5) is 0 Å². The topological polar surface area (TPSA) is 104 Å². The van der Waals surface area contributed by atoms with Crippen molar-refractivity contribution in [2.24, 2.45) is 0 Å². The number of carbonyl (C=O) groups excluding carboxylic acids is 1. The van der Waals surface area contributed by atoms with E-state index < -0.39 is 0 Å². The highest BCUT2D eigenvalue weighted by Crippen LogP contribution is 2.13. The Bertz CT molecular complexity index is 732. The summed E-state index contributed by atoms with van der Waals surface area (Å²) < 4.78 is 1.53. The summed E-state index contributed by atoms with van der Waals surface area (Å²) in [5.41, 5.74) is 0.846. The molecule has 0 spiro atoms. The monoisotopic (exact) mass is 331 g/mol. The molecule has 23 heavy (non-hydrogen) atoms. The molecule has 8 heteroatoms. The number of nitriles is 1. The maximum Gasteiger partial charge on any atom is 0.343 e. The lowest BCUT2D eigenvalue weighted by Crippen LogP contribution is -2.26. The van der Waals surface area contributed by atoms with Crippen LogP contribution < -0.4 is 11.0 Å². The van der Waals surface area contributed by atoms with Crippen LogP contribution in [0.1, 0.15) is 12.0 Å². The van der Waals surface area contributed by atoms with E-state index in [-0.39, 0.29) is 23.8 Å². The second kappa shape index (κ2) is 8.80. The van der Waals surface area contributed by atoms with Crippen LogP contribution in [0.15, 0.2) is 40.3 Å². The van der Waals surface area contributed by atoms with Crippen molar-refractivity contribution in [2.45, 2.75) is 24.5 Å². The Kier molecular flexibility index (Phi) is 6.44. The third kappa shape index (κ3) is 5.30. The molecule has 1 heterocycles. The summed E-state index contributed by atoms with van der Waals surface area (Å²) in [5, 5.41) is 17.9. The summed E-state index contributed by atoms with van der Waals surface area (Å²) in [6.07, 6.45) is 0.989. The molecule has 0 saturated heterocycles. The maximum absolute atomic E-state index is 11.8. The summed E-state index contributed by atoms with van der Waals surface area (Å²) in [5.74, 6) is -0.0311. The molecule has 1 aromatic carbocycles. The van der Waals surface area contributed by atoms with Gasteiger partial charge in [-0.2, -0.15) is 5.26 Å². The zero-order valence-corrected chi connectivity index (χ0v) is 13.3. The van der Waals surface area contributed by atoms with E-state index in [0.717, 1.165) is 5.56 Å². The highest BCUT2D eigenvalue weighted by molar-refractivity contribution is 7.99. The molecule has 0 aliphatic rings. The quantitative estimate of drug-likeness (QED) is 0.553. The predicted octanol–water partition coefficient (Wildman–Crippen LogP) is 0.936. The minimum atomic E-state index is -0.284. The Morgan fingerprint density at radius 2 is 2.17 bits per heavy atom. The molecule has 2 rings (SSSR count). The number of benzene rings is 1. The van der Waals surface area contributed by atoms with Gasteiger partial charge in [-0.25, -0.2) is 9.89 Å². The molecule has 0 unspecified atom stereocenters. The fourth-order valence-electron chi connectivity index (χ4n) is 1.94. The average molecular weight is 331 g/mol. The van der Waals surface area contributed by atoms with Crippen molar-refractivity contribution in [1.82, 2.24) is 20.1 Å². The van der Waals surface area contributed by atoms with Crippen molar-refractivity contribution in [3.05, 3.63) is 46.4 Å². The Labute approximate surface area is 137 Å². The fraction of sp³-hybridized carbons (Fsp3) is 0.333. The van der Waals surface area contributed by atoms with Gasteiger partial charge in [0.2, 0.25) is 5.91 Å². The number of nitrogens with one attached hydrogen (secondary N) is 2. The number of H-pyrrole nitrogens is 1. The molecular weight excluding hydrogens is 314 g/mol. The average Bonchev–Trinajstić information content (AvgIpc) is 2.92. The van der Waals surface area contributed by atoms with Crippen LogP contribution in [0.25, 0.3) is 0 Å². The Morgan fingerprint density at radius 1 is 1.39 bits per heavy atom. The molecular formula is C15H17N5O2S. The zero-order valence-electron chi connectivity index (χ0n) is 12.5. The molecule has 0 atom stereocenters. The largest absolute Gasteiger partial charge is 0.354 e. The van der Waals surface area contributed by atoms with E-state index in [1.165, 1.54) is 16.3 Å². The lowest BCUT2D eigenvalue weighted by molar-refractivity contribution is -0.118. The van der Waals surface area contributed by atoms with Gasteiger partial charge in [-0.1, -0.05) is 42.1 Å². The number of carbonyl (C=O) groups is 1. The van der Waals surface area contributed by atoms with Gasteiger partial charge in [0.05, 0.1) is 18.2 Å². The maximum atomic E-state index is 11.8. The zero-order chi connectivity index (χ0) is 16.5. The summed E-state index contributed by atoms with van der Waals surface area (Å²) >= 11 is 1.19. The Balaban J connectivity index is 1.89. The van der Waals surface area contributed by atoms with Crippen molar-refractivity contribution in [2.75, 3.05) is 12.3 Å². The molecule has 0 bridgehead atoms. The normalized spacial score (nSPS) is 10.2. The van der Waals surface area contributed by atoms with Crippen LogP contribution in [0.2, 0.25) is 0 Å². The van der Waals surface area contributed by atoms with Crippen molar-refractivity contribution in [3.8, 4) is 6.07 Å². The Morgan fingerprint density at radius 3 is 2.91 bits per heavy atom. The summed E-state index contributed by atoms with van der Waals surface area (Å²) in [6, 6.07) is 11.8. The van der Waals surface area contributed by atoms with Gasteiger partial charge in [0.1, 0.15) is 0 Å². The molecule has 1 aromatic heterocycles. The summed E-state index contributed by atoms with van der Waals surface area (Å²) in [4.78, 5) is 23.4. The number of aromatic amines is 1. The number of nitrogens with zero attached hydrogens (tertiary/aromatic N) is 3. The van der Waals surface area contributed by atoms with E-state index in [1.807, 2.05) is 36.4 Å². The molecule has 0 fully saturated rings. The van der Waals surface area contributed by atoms with Crippen LogP contribution in [0.5, 0.6) is 0 Å². The highest BCUT2D eigenvalue weighted by Gasteiger charge is 2.11. The Hall–Kier alpha value is -2.53. The van der Waals surface area contributed by atoms with Crippen LogP contribution in [-0.2, 0) is 17.8 Å². The van der Waals surface area contributed by atoms with Crippen molar-refractivity contribution in [1.29, 1.82) is 5.26 Å². The third-order valence-electron chi connectivity index (χ3n) is 3.08. The van der Waals surface area contributed by atoms with Gasteiger partial charge < -0.3 is 5.32 Å². The van der Waals surface area contributed by atoms with E-state index >= 15 is 0 Å². The molecule has 2 N–H and O–H groups in total. The predicted molar refractivity (Wildman–Crippen MR) is 87.0 cm³/mol. The fourth-order valence-corrected chi connectivity index (χ4v) is 2.74. The SMILES string of the molecule is N#CCCNC(=O)CSc1n[nH]c(=O)n1CCc1ccccc1. The van der Waals surface area contributed by atoms with Crippen molar-refractivity contribution in [3.63, 3.8) is 0 Å². The van der Waals surface area contributed by atoms with E-state index in [2.05, 4.69) is 15.5 Å². The van der Waals surface area contributed by atoms with Gasteiger partial charge in [0.15, 0.2) is 5.16 Å². The van der Waals surface area contributed by atoms with Gasteiger partial charge >= 0.3 is 5.69 Å². The number of hydrogen-bond acceptors (Lipinski definition) is 5.